The van der Waals surface area contributed by atoms with E-state index in [-0.39, 0.29) is 36.3 Å². The van der Waals surface area contributed by atoms with Crippen molar-refractivity contribution in [3.63, 3.8) is 0 Å². The zero-order chi connectivity index (χ0) is 21.4. The quantitative estimate of drug-likeness (QED) is 0.425. The lowest BCUT2D eigenvalue weighted by molar-refractivity contribution is 0.0126. The number of aliphatic hydroxyl groups is 2. The van der Waals surface area contributed by atoms with Crippen LogP contribution in [0.4, 0.5) is 4.79 Å². The van der Waals surface area contributed by atoms with E-state index in [9.17, 15) is 29.7 Å². The first-order chi connectivity index (χ1) is 13.8. The summed E-state index contributed by atoms with van der Waals surface area (Å²) in [5.74, 6) is -2.67. The van der Waals surface area contributed by atoms with Gasteiger partial charge in [-0.15, -0.1) is 0 Å². The second kappa shape index (κ2) is 10.2. The number of aromatic carboxylic acids is 2. The highest BCUT2D eigenvalue weighted by Gasteiger charge is 2.25. The van der Waals surface area contributed by atoms with Crippen molar-refractivity contribution in [2.75, 3.05) is 6.54 Å². The number of carbonyl (C=O) groups is 3. The SMILES string of the molecule is O=C(NCCC(O)C(O)c1cc(C(=O)O)ccc1C(=O)O)OCc1ccccc1. The number of alkyl carbamates (subject to hydrolysis) is 1. The van der Waals surface area contributed by atoms with Gasteiger partial charge in [0.25, 0.3) is 0 Å². The van der Waals surface area contributed by atoms with E-state index in [0.29, 0.717) is 0 Å². The van der Waals surface area contributed by atoms with E-state index in [2.05, 4.69) is 5.32 Å². The molecule has 0 aliphatic rings. The molecule has 1 amide bonds. The molecule has 0 fully saturated rings. The lowest BCUT2D eigenvalue weighted by Gasteiger charge is -2.20. The number of hydrogen-bond acceptors (Lipinski definition) is 6. The van der Waals surface area contributed by atoms with Crippen LogP contribution in [0.25, 0.3) is 0 Å². The van der Waals surface area contributed by atoms with Gasteiger partial charge in [-0.2, -0.15) is 0 Å². The minimum Gasteiger partial charge on any atom is -0.478 e. The number of carbonyl (C=O) groups excluding carboxylic acids is 1. The zero-order valence-electron chi connectivity index (χ0n) is 15.3. The van der Waals surface area contributed by atoms with Gasteiger partial charge in [0.2, 0.25) is 0 Å². The van der Waals surface area contributed by atoms with Crippen molar-refractivity contribution in [3.05, 3.63) is 70.8 Å². The molecule has 2 atom stereocenters. The fourth-order valence-electron chi connectivity index (χ4n) is 2.60. The molecule has 0 bridgehead atoms. The molecular weight excluding hydrogens is 382 g/mol. The van der Waals surface area contributed by atoms with Gasteiger partial charge < -0.3 is 30.5 Å². The smallest absolute Gasteiger partial charge is 0.407 e. The van der Waals surface area contributed by atoms with Gasteiger partial charge in [-0.25, -0.2) is 14.4 Å². The van der Waals surface area contributed by atoms with Crippen LogP contribution in [0.15, 0.2) is 48.5 Å². The summed E-state index contributed by atoms with van der Waals surface area (Å²) < 4.78 is 5.01. The van der Waals surface area contributed by atoms with Crippen molar-refractivity contribution in [3.8, 4) is 0 Å². The Balaban J connectivity index is 1.90. The molecule has 0 saturated carbocycles. The van der Waals surface area contributed by atoms with Crippen LogP contribution in [-0.4, -0.2) is 51.1 Å². The first kappa shape index (κ1) is 21.9. The molecule has 0 saturated heterocycles. The summed E-state index contributed by atoms with van der Waals surface area (Å²) in [7, 11) is 0. The van der Waals surface area contributed by atoms with Crippen LogP contribution in [-0.2, 0) is 11.3 Å². The number of aliphatic hydroxyl groups excluding tert-OH is 2. The lowest BCUT2D eigenvalue weighted by atomic mass is 9.95. The molecule has 0 aliphatic heterocycles. The molecule has 0 radical (unpaired) electrons. The number of nitrogens with one attached hydrogen (secondary N) is 1. The largest absolute Gasteiger partial charge is 0.478 e. The summed E-state index contributed by atoms with van der Waals surface area (Å²) in [4.78, 5) is 34.1. The van der Waals surface area contributed by atoms with E-state index in [0.717, 1.165) is 23.8 Å². The highest BCUT2D eigenvalue weighted by molar-refractivity contribution is 5.93. The molecule has 2 aromatic carbocycles. The number of hydrogen-bond donors (Lipinski definition) is 5. The van der Waals surface area contributed by atoms with E-state index in [1.54, 1.807) is 24.3 Å². The van der Waals surface area contributed by atoms with Crippen LogP contribution >= 0.6 is 0 Å². The number of ether oxygens (including phenoxy) is 1. The van der Waals surface area contributed by atoms with Crippen molar-refractivity contribution in [1.82, 2.24) is 5.32 Å². The Morgan fingerprint density at radius 3 is 2.28 bits per heavy atom. The number of rotatable bonds is 9. The first-order valence-corrected chi connectivity index (χ1v) is 8.70. The number of benzene rings is 2. The summed E-state index contributed by atoms with van der Waals surface area (Å²) >= 11 is 0. The fraction of sp³-hybridized carbons (Fsp3) is 0.250. The van der Waals surface area contributed by atoms with Gasteiger partial charge in [-0.1, -0.05) is 30.3 Å². The average Bonchev–Trinajstić information content (AvgIpc) is 2.71. The molecule has 2 unspecified atom stereocenters. The maximum atomic E-state index is 11.7. The Kier molecular flexibility index (Phi) is 7.70. The van der Waals surface area contributed by atoms with Gasteiger partial charge in [-0.3, -0.25) is 0 Å². The maximum Gasteiger partial charge on any atom is 0.407 e. The van der Waals surface area contributed by atoms with Gasteiger partial charge in [0.1, 0.15) is 12.7 Å². The molecule has 154 valence electrons. The lowest BCUT2D eigenvalue weighted by Crippen LogP contribution is -2.30. The number of carboxylic acids is 2. The second-order valence-electron chi connectivity index (χ2n) is 6.20. The van der Waals surface area contributed by atoms with Crippen LogP contribution in [0.5, 0.6) is 0 Å². The molecule has 0 heterocycles. The van der Waals surface area contributed by atoms with Gasteiger partial charge in [-0.05, 0) is 35.7 Å². The van der Waals surface area contributed by atoms with E-state index < -0.39 is 30.2 Å². The third kappa shape index (κ3) is 6.30. The Bertz CT molecular complexity index is 868. The molecule has 2 aromatic rings. The van der Waals surface area contributed by atoms with E-state index in [1.165, 1.54) is 0 Å². The van der Waals surface area contributed by atoms with E-state index >= 15 is 0 Å². The predicted molar refractivity (Wildman–Crippen MR) is 101 cm³/mol. The molecule has 9 nitrogen and oxygen atoms in total. The standard InChI is InChI=1S/C20H21NO8/c22-16(8-9-21-20(28)29-11-12-4-2-1-3-5-12)17(23)15-10-13(18(24)25)6-7-14(15)19(26)27/h1-7,10,16-17,22-23H,8-9,11H2,(H,21,28)(H,24,25)(H,26,27). The van der Waals surface area contributed by atoms with E-state index in [1.807, 2.05) is 6.07 Å². The molecular formula is C20H21NO8. The summed E-state index contributed by atoms with van der Waals surface area (Å²) in [5, 5.41) is 41.1. The van der Waals surface area contributed by atoms with Crippen molar-refractivity contribution in [1.29, 1.82) is 0 Å². The number of amides is 1. The van der Waals surface area contributed by atoms with Gasteiger partial charge in [0.15, 0.2) is 0 Å². The van der Waals surface area contributed by atoms with Crippen LogP contribution < -0.4 is 5.32 Å². The molecule has 0 aliphatic carbocycles. The second-order valence-corrected chi connectivity index (χ2v) is 6.20. The highest BCUT2D eigenvalue weighted by atomic mass is 16.5. The first-order valence-electron chi connectivity index (χ1n) is 8.70. The molecule has 2 rings (SSSR count). The van der Waals surface area contributed by atoms with Crippen LogP contribution in [0.1, 0.15) is 44.4 Å². The summed E-state index contributed by atoms with van der Waals surface area (Å²) in [5.41, 5.74) is 0.0322. The molecule has 9 heteroatoms. The third-order valence-electron chi connectivity index (χ3n) is 4.13. The summed E-state index contributed by atoms with van der Waals surface area (Å²) in [6, 6.07) is 12.2. The fourth-order valence-corrected chi connectivity index (χ4v) is 2.60. The number of carboxylic acid groups (broad SMARTS) is 2. The van der Waals surface area contributed by atoms with Crippen molar-refractivity contribution < 1.29 is 39.5 Å². The monoisotopic (exact) mass is 403 g/mol. The minimum atomic E-state index is -1.65. The van der Waals surface area contributed by atoms with Crippen molar-refractivity contribution in [2.24, 2.45) is 0 Å². The van der Waals surface area contributed by atoms with Gasteiger partial charge in [0, 0.05) is 6.54 Å². The Labute approximate surface area is 166 Å². The van der Waals surface area contributed by atoms with Gasteiger partial charge >= 0.3 is 18.0 Å². The predicted octanol–water partition coefficient (Wildman–Crippen LogP) is 1.79. The van der Waals surface area contributed by atoms with Crippen molar-refractivity contribution in [2.45, 2.75) is 25.2 Å². The van der Waals surface area contributed by atoms with E-state index in [4.69, 9.17) is 9.84 Å². The minimum absolute atomic E-state index is 0.0487. The summed E-state index contributed by atoms with van der Waals surface area (Å²) in [6.07, 6.45) is -3.92. The topological polar surface area (TPSA) is 153 Å². The van der Waals surface area contributed by atoms with Crippen LogP contribution in [0.2, 0.25) is 0 Å². The molecule has 0 spiro atoms. The molecule has 29 heavy (non-hydrogen) atoms. The normalized spacial score (nSPS) is 12.6. The maximum absolute atomic E-state index is 11.7. The highest BCUT2D eigenvalue weighted by Crippen LogP contribution is 2.24. The average molecular weight is 403 g/mol. The third-order valence-corrected chi connectivity index (χ3v) is 4.13. The zero-order valence-corrected chi connectivity index (χ0v) is 15.3. The Hall–Kier alpha value is -3.43. The Morgan fingerprint density at radius 1 is 0.966 bits per heavy atom. The summed E-state index contributed by atoms with van der Waals surface area (Å²) in [6.45, 7) is 0.0225. The van der Waals surface area contributed by atoms with Gasteiger partial charge in [0.05, 0.1) is 17.2 Å². The Morgan fingerprint density at radius 2 is 1.66 bits per heavy atom. The molecule has 0 aromatic heterocycles. The van der Waals surface area contributed by atoms with Crippen LogP contribution in [0.3, 0.4) is 0 Å². The molecule has 5 N–H and O–H groups in total. The van der Waals surface area contributed by atoms with Crippen LogP contribution in [0, 0.1) is 0 Å². The van der Waals surface area contributed by atoms with Crippen molar-refractivity contribution >= 4 is 18.0 Å².